The Hall–Kier alpha value is -0.970. The van der Waals surface area contributed by atoms with Gasteiger partial charge in [-0.2, -0.15) is 0 Å². The number of halogens is 1. The average molecular weight is 267 g/mol. The third-order valence-electron chi connectivity index (χ3n) is 3.22. The van der Waals surface area contributed by atoms with E-state index in [1.165, 1.54) is 6.07 Å². The molecule has 0 amide bonds. The van der Waals surface area contributed by atoms with Gasteiger partial charge in [-0.1, -0.05) is 19.1 Å². The number of hydrogen-bond acceptors (Lipinski definition) is 3. The summed E-state index contributed by atoms with van der Waals surface area (Å²) in [6.07, 6.45) is 1.99. The number of hydrogen-bond donors (Lipinski definition) is 1. The van der Waals surface area contributed by atoms with Crippen LogP contribution in [0.1, 0.15) is 31.4 Å². The quantitative estimate of drug-likeness (QED) is 0.770. The first-order valence-electron chi connectivity index (χ1n) is 6.99. The molecule has 0 aliphatic carbocycles. The zero-order valence-electron chi connectivity index (χ0n) is 11.4. The van der Waals surface area contributed by atoms with Crippen molar-refractivity contribution < 1.29 is 13.9 Å². The Labute approximate surface area is 114 Å². The molecule has 1 heterocycles. The summed E-state index contributed by atoms with van der Waals surface area (Å²) in [6, 6.07) is 6.65. The molecule has 2 unspecified atom stereocenters. The van der Waals surface area contributed by atoms with Crippen LogP contribution in [0.3, 0.4) is 0 Å². The summed E-state index contributed by atoms with van der Waals surface area (Å²) < 4.78 is 24.7. The molecule has 1 N–H and O–H groups in total. The normalized spacial score (nSPS) is 20.6. The molecule has 0 aromatic heterocycles. The van der Waals surface area contributed by atoms with Gasteiger partial charge in [0.25, 0.3) is 0 Å². The first kappa shape index (κ1) is 14.4. The first-order chi connectivity index (χ1) is 9.29. The van der Waals surface area contributed by atoms with Crippen LogP contribution in [0.2, 0.25) is 0 Å². The van der Waals surface area contributed by atoms with Crippen LogP contribution >= 0.6 is 0 Å². The van der Waals surface area contributed by atoms with Crippen molar-refractivity contribution in [3.8, 4) is 0 Å². The van der Waals surface area contributed by atoms with E-state index in [0.717, 1.165) is 31.6 Å². The molecule has 0 spiro atoms. The average Bonchev–Trinajstić information content (AvgIpc) is 2.91. The molecule has 2 rings (SSSR count). The molecular weight excluding hydrogens is 245 g/mol. The van der Waals surface area contributed by atoms with Crippen molar-refractivity contribution in [3.05, 3.63) is 35.6 Å². The molecule has 4 heteroatoms. The van der Waals surface area contributed by atoms with Crippen LogP contribution in [0.25, 0.3) is 0 Å². The molecule has 1 aliphatic heterocycles. The molecule has 0 saturated carbocycles. The third kappa shape index (κ3) is 4.56. The lowest BCUT2D eigenvalue weighted by Crippen LogP contribution is -2.27. The van der Waals surface area contributed by atoms with Gasteiger partial charge in [0.15, 0.2) is 0 Å². The van der Waals surface area contributed by atoms with Gasteiger partial charge in [-0.15, -0.1) is 0 Å². The Morgan fingerprint density at radius 2 is 2.42 bits per heavy atom. The molecule has 1 aliphatic rings. The number of ether oxygens (including phenoxy) is 2. The van der Waals surface area contributed by atoms with Crippen molar-refractivity contribution in [1.29, 1.82) is 0 Å². The minimum absolute atomic E-state index is 0.117. The van der Waals surface area contributed by atoms with Crippen molar-refractivity contribution in [2.45, 2.75) is 32.0 Å². The van der Waals surface area contributed by atoms with E-state index in [2.05, 4.69) is 12.2 Å². The van der Waals surface area contributed by atoms with Gasteiger partial charge in [-0.25, -0.2) is 4.39 Å². The molecule has 1 aromatic carbocycles. The second-order valence-corrected chi connectivity index (χ2v) is 4.87. The number of nitrogens with one attached hydrogen (secondary N) is 1. The Morgan fingerprint density at radius 1 is 1.53 bits per heavy atom. The highest BCUT2D eigenvalue weighted by atomic mass is 19.1. The number of benzene rings is 1. The summed E-state index contributed by atoms with van der Waals surface area (Å²) in [7, 11) is 0. The fraction of sp³-hybridized carbons (Fsp3) is 0.600. The van der Waals surface area contributed by atoms with E-state index in [1.807, 2.05) is 6.07 Å². The SMILES string of the molecule is CCCNCC(OC1CCOC1)c1cccc(F)c1. The summed E-state index contributed by atoms with van der Waals surface area (Å²) in [5, 5.41) is 3.34. The lowest BCUT2D eigenvalue weighted by atomic mass is 10.1. The van der Waals surface area contributed by atoms with Gasteiger partial charge in [-0.3, -0.25) is 0 Å². The summed E-state index contributed by atoms with van der Waals surface area (Å²) >= 11 is 0. The van der Waals surface area contributed by atoms with E-state index in [1.54, 1.807) is 12.1 Å². The summed E-state index contributed by atoms with van der Waals surface area (Å²) in [4.78, 5) is 0. The standard InChI is InChI=1S/C15H22FNO2/c1-2-7-17-10-15(19-14-6-8-18-11-14)12-4-3-5-13(16)9-12/h3-5,9,14-15,17H,2,6-8,10-11H2,1H3. The Kier molecular flexibility index (Phi) is 5.76. The second kappa shape index (κ2) is 7.58. The maximum absolute atomic E-state index is 13.3. The smallest absolute Gasteiger partial charge is 0.123 e. The lowest BCUT2D eigenvalue weighted by Gasteiger charge is -2.22. The molecule has 3 nitrogen and oxygen atoms in total. The molecule has 1 aromatic rings. The van der Waals surface area contributed by atoms with Crippen molar-refractivity contribution in [2.75, 3.05) is 26.3 Å². The number of rotatable bonds is 7. The Morgan fingerprint density at radius 3 is 3.11 bits per heavy atom. The van der Waals surface area contributed by atoms with E-state index >= 15 is 0 Å². The van der Waals surface area contributed by atoms with Gasteiger partial charge in [0.05, 0.1) is 18.8 Å². The maximum atomic E-state index is 13.3. The lowest BCUT2D eigenvalue weighted by molar-refractivity contribution is -0.0165. The van der Waals surface area contributed by atoms with Crippen LogP contribution in [0.4, 0.5) is 4.39 Å². The van der Waals surface area contributed by atoms with Crippen LogP contribution in [0.5, 0.6) is 0 Å². The highest BCUT2D eigenvalue weighted by molar-refractivity contribution is 5.19. The summed E-state index contributed by atoms with van der Waals surface area (Å²) in [6.45, 7) is 5.16. The van der Waals surface area contributed by atoms with Crippen molar-refractivity contribution >= 4 is 0 Å². The Balaban J connectivity index is 1.99. The largest absolute Gasteiger partial charge is 0.379 e. The summed E-state index contributed by atoms with van der Waals surface area (Å²) in [5.41, 5.74) is 0.885. The molecule has 0 radical (unpaired) electrons. The van der Waals surface area contributed by atoms with E-state index in [4.69, 9.17) is 9.47 Å². The fourth-order valence-electron chi connectivity index (χ4n) is 2.21. The zero-order valence-corrected chi connectivity index (χ0v) is 11.4. The van der Waals surface area contributed by atoms with Crippen LogP contribution < -0.4 is 5.32 Å². The van der Waals surface area contributed by atoms with Crippen LogP contribution in [-0.2, 0) is 9.47 Å². The van der Waals surface area contributed by atoms with Gasteiger partial charge < -0.3 is 14.8 Å². The molecular formula is C15H22FNO2. The molecule has 106 valence electrons. The van der Waals surface area contributed by atoms with E-state index in [-0.39, 0.29) is 18.0 Å². The molecule has 19 heavy (non-hydrogen) atoms. The molecule has 2 atom stereocenters. The third-order valence-corrected chi connectivity index (χ3v) is 3.22. The molecule has 0 bridgehead atoms. The van der Waals surface area contributed by atoms with E-state index in [0.29, 0.717) is 13.2 Å². The highest BCUT2D eigenvalue weighted by Gasteiger charge is 2.22. The Bertz CT molecular complexity index is 380. The van der Waals surface area contributed by atoms with Crippen LogP contribution in [0.15, 0.2) is 24.3 Å². The minimum Gasteiger partial charge on any atom is -0.379 e. The van der Waals surface area contributed by atoms with E-state index < -0.39 is 0 Å². The van der Waals surface area contributed by atoms with Crippen molar-refractivity contribution in [2.24, 2.45) is 0 Å². The van der Waals surface area contributed by atoms with Crippen molar-refractivity contribution in [1.82, 2.24) is 5.32 Å². The fourth-order valence-corrected chi connectivity index (χ4v) is 2.21. The monoisotopic (exact) mass is 267 g/mol. The summed E-state index contributed by atoms with van der Waals surface area (Å²) in [5.74, 6) is -0.218. The highest BCUT2D eigenvalue weighted by Crippen LogP contribution is 2.22. The maximum Gasteiger partial charge on any atom is 0.123 e. The van der Waals surface area contributed by atoms with E-state index in [9.17, 15) is 4.39 Å². The van der Waals surface area contributed by atoms with Gasteiger partial charge in [0, 0.05) is 13.2 Å². The van der Waals surface area contributed by atoms with Crippen LogP contribution in [-0.4, -0.2) is 32.4 Å². The molecule has 1 saturated heterocycles. The van der Waals surface area contributed by atoms with Gasteiger partial charge in [-0.05, 0) is 37.1 Å². The van der Waals surface area contributed by atoms with Gasteiger partial charge in [0.2, 0.25) is 0 Å². The predicted molar refractivity (Wildman–Crippen MR) is 72.6 cm³/mol. The minimum atomic E-state index is -0.218. The van der Waals surface area contributed by atoms with Gasteiger partial charge in [0.1, 0.15) is 5.82 Å². The predicted octanol–water partition coefficient (Wildman–Crippen LogP) is 2.67. The zero-order chi connectivity index (χ0) is 13.5. The topological polar surface area (TPSA) is 30.5 Å². The van der Waals surface area contributed by atoms with Crippen LogP contribution in [0, 0.1) is 5.82 Å². The molecule has 1 fully saturated rings. The first-order valence-corrected chi connectivity index (χ1v) is 6.99. The van der Waals surface area contributed by atoms with Crippen molar-refractivity contribution in [3.63, 3.8) is 0 Å². The second-order valence-electron chi connectivity index (χ2n) is 4.87. The van der Waals surface area contributed by atoms with Gasteiger partial charge >= 0.3 is 0 Å².